The third-order valence-electron chi connectivity index (χ3n) is 10.2. The number of hydrogen-bond donors (Lipinski definition) is 0. The van der Waals surface area contributed by atoms with Crippen LogP contribution in [0.4, 0.5) is 17.1 Å². The first kappa shape index (κ1) is 28.0. The maximum absolute atomic E-state index is 2.51. The van der Waals surface area contributed by atoms with Crippen LogP contribution in [0, 0.1) is 0 Å². The van der Waals surface area contributed by atoms with Crippen LogP contribution in [0.25, 0.3) is 78.6 Å². The fourth-order valence-electron chi connectivity index (χ4n) is 8.07. The Morgan fingerprint density at radius 3 is 1.78 bits per heavy atom. The van der Waals surface area contributed by atoms with E-state index in [1.807, 2.05) is 22.7 Å². The molecule has 0 aliphatic rings. The van der Waals surface area contributed by atoms with E-state index >= 15 is 0 Å². The van der Waals surface area contributed by atoms with Crippen LogP contribution in [0.1, 0.15) is 0 Å². The third kappa shape index (κ3) is 4.01. The van der Waals surface area contributed by atoms with E-state index in [1.54, 1.807) is 0 Å². The van der Waals surface area contributed by atoms with Crippen LogP contribution in [-0.4, -0.2) is 4.57 Å². The van der Waals surface area contributed by atoms with E-state index in [0.717, 1.165) is 17.1 Å². The predicted octanol–water partition coefficient (Wildman–Crippen LogP) is 14.1. The van der Waals surface area contributed by atoms with Gasteiger partial charge in [-0.1, -0.05) is 97.1 Å². The van der Waals surface area contributed by atoms with Gasteiger partial charge in [0.05, 0.1) is 22.4 Å². The Balaban J connectivity index is 1.26. The van der Waals surface area contributed by atoms with E-state index in [9.17, 15) is 0 Å². The van der Waals surface area contributed by atoms with Crippen LogP contribution >= 0.6 is 22.7 Å². The summed E-state index contributed by atoms with van der Waals surface area (Å²) in [6.07, 6.45) is 0. The predicted molar refractivity (Wildman–Crippen MR) is 219 cm³/mol. The molecule has 0 bridgehead atoms. The number of para-hydroxylation sites is 2. The minimum atomic E-state index is 1.14. The van der Waals surface area contributed by atoms with Crippen LogP contribution in [0.5, 0.6) is 0 Å². The number of rotatable bonds is 4. The van der Waals surface area contributed by atoms with Gasteiger partial charge >= 0.3 is 0 Å². The van der Waals surface area contributed by atoms with E-state index in [0.29, 0.717) is 0 Å². The molecule has 0 aliphatic heterocycles. The van der Waals surface area contributed by atoms with Crippen molar-refractivity contribution in [1.29, 1.82) is 0 Å². The third-order valence-corrected chi connectivity index (χ3v) is 12.4. The lowest BCUT2D eigenvalue weighted by Crippen LogP contribution is -2.11. The summed E-state index contributed by atoms with van der Waals surface area (Å²) in [7, 11) is 0. The van der Waals surface area contributed by atoms with Crippen LogP contribution in [0.15, 0.2) is 170 Å². The molecule has 3 aromatic heterocycles. The minimum Gasteiger partial charge on any atom is -0.309 e. The molecule has 50 heavy (non-hydrogen) atoms. The second kappa shape index (κ2) is 10.8. The molecule has 11 aromatic rings. The highest BCUT2D eigenvalue weighted by Gasteiger charge is 2.24. The normalized spacial score (nSPS) is 12.0. The molecule has 8 aromatic carbocycles. The molecule has 4 heteroatoms. The molecule has 0 amide bonds. The number of anilines is 3. The fourth-order valence-corrected chi connectivity index (χ4v) is 10.3. The highest BCUT2D eigenvalue weighted by Crippen LogP contribution is 2.49. The molecule has 2 nitrogen and oxygen atoms in total. The zero-order chi connectivity index (χ0) is 32.8. The van der Waals surface area contributed by atoms with Gasteiger partial charge in [0.25, 0.3) is 0 Å². The SMILES string of the molecule is c1ccc(-n2c3ccccc3c3c(N(c4ccc5c(ccc6sc7ccccc7c65)c4)c4cccc5sc6ccccc6c45)cccc32)cc1. The van der Waals surface area contributed by atoms with E-state index in [-0.39, 0.29) is 0 Å². The number of aromatic nitrogens is 1. The summed E-state index contributed by atoms with van der Waals surface area (Å²) in [5.74, 6) is 0. The van der Waals surface area contributed by atoms with Gasteiger partial charge in [-0.2, -0.15) is 0 Å². The molecule has 234 valence electrons. The number of hydrogen-bond acceptors (Lipinski definition) is 3. The molecule has 11 rings (SSSR count). The van der Waals surface area contributed by atoms with Gasteiger partial charge in [-0.3, -0.25) is 0 Å². The van der Waals surface area contributed by atoms with Crippen molar-refractivity contribution in [3.63, 3.8) is 0 Å². The van der Waals surface area contributed by atoms with Gasteiger partial charge in [0.15, 0.2) is 0 Å². The summed E-state index contributed by atoms with van der Waals surface area (Å²) >= 11 is 3.74. The molecule has 0 saturated heterocycles. The van der Waals surface area contributed by atoms with Gasteiger partial charge in [0, 0.05) is 62.5 Å². The van der Waals surface area contributed by atoms with Crippen LogP contribution in [-0.2, 0) is 0 Å². The first-order chi connectivity index (χ1) is 24.8. The van der Waals surface area contributed by atoms with Crippen molar-refractivity contribution < 1.29 is 0 Å². The smallest absolute Gasteiger partial charge is 0.0562 e. The first-order valence-electron chi connectivity index (χ1n) is 16.9. The second-order valence-corrected chi connectivity index (χ2v) is 15.1. The zero-order valence-electron chi connectivity index (χ0n) is 26.9. The van der Waals surface area contributed by atoms with E-state index in [1.165, 1.54) is 78.6 Å². The molecular formula is C46H28N2S2. The fraction of sp³-hybridized carbons (Fsp3) is 0. The van der Waals surface area contributed by atoms with Crippen molar-refractivity contribution in [1.82, 2.24) is 4.57 Å². The number of nitrogens with zero attached hydrogens (tertiary/aromatic N) is 2. The average Bonchev–Trinajstić information content (AvgIpc) is 3.85. The highest BCUT2D eigenvalue weighted by molar-refractivity contribution is 7.26. The van der Waals surface area contributed by atoms with E-state index < -0.39 is 0 Å². The van der Waals surface area contributed by atoms with Crippen molar-refractivity contribution in [3.05, 3.63) is 170 Å². The Labute approximate surface area is 296 Å². The lowest BCUT2D eigenvalue weighted by Gasteiger charge is -2.28. The molecule has 0 unspecified atom stereocenters. The Hall–Kier alpha value is -5.94. The van der Waals surface area contributed by atoms with Crippen LogP contribution in [0.3, 0.4) is 0 Å². The van der Waals surface area contributed by atoms with Gasteiger partial charge in [-0.15, -0.1) is 22.7 Å². The summed E-state index contributed by atoms with van der Waals surface area (Å²) in [5, 5.41) is 10.3. The van der Waals surface area contributed by atoms with Gasteiger partial charge < -0.3 is 9.47 Å². The van der Waals surface area contributed by atoms with Crippen molar-refractivity contribution in [2.24, 2.45) is 0 Å². The van der Waals surface area contributed by atoms with Gasteiger partial charge in [-0.05, 0) is 83.6 Å². The average molecular weight is 673 g/mol. The van der Waals surface area contributed by atoms with Crippen molar-refractivity contribution in [3.8, 4) is 5.69 Å². The number of fused-ring (bicyclic) bond motifs is 11. The maximum Gasteiger partial charge on any atom is 0.0562 e. The molecule has 3 heterocycles. The van der Waals surface area contributed by atoms with Gasteiger partial charge in [-0.25, -0.2) is 0 Å². The molecule has 0 radical (unpaired) electrons. The minimum absolute atomic E-state index is 1.14. The molecule has 0 aliphatic carbocycles. The monoisotopic (exact) mass is 672 g/mol. The zero-order valence-corrected chi connectivity index (χ0v) is 28.5. The lowest BCUT2D eigenvalue weighted by molar-refractivity contribution is 1.18. The Morgan fingerprint density at radius 1 is 0.380 bits per heavy atom. The lowest BCUT2D eigenvalue weighted by atomic mass is 10.0. The largest absolute Gasteiger partial charge is 0.309 e. The molecular weight excluding hydrogens is 645 g/mol. The van der Waals surface area contributed by atoms with Crippen molar-refractivity contribution in [2.45, 2.75) is 0 Å². The molecule has 0 saturated carbocycles. The van der Waals surface area contributed by atoms with E-state index in [4.69, 9.17) is 0 Å². The molecule has 0 N–H and O–H groups in total. The number of thiophene rings is 2. The quantitative estimate of drug-likeness (QED) is 0.181. The molecule has 0 atom stereocenters. The molecule has 0 fully saturated rings. The summed E-state index contributed by atoms with van der Waals surface area (Å²) in [6.45, 7) is 0. The standard InChI is InChI=1S/C46H28N2S2/c1-2-12-30(13-3-1)47-36-17-7-4-14-33(36)45-37(47)18-10-19-38(45)48(39-20-11-23-42-46(39)35-16-6-9-22-41(35)49-42)31-25-26-32-29(28-31)24-27-43-44(32)34-15-5-8-21-40(34)50-43/h1-28H. The topological polar surface area (TPSA) is 8.17 Å². The maximum atomic E-state index is 2.51. The highest BCUT2D eigenvalue weighted by atomic mass is 32.1. The van der Waals surface area contributed by atoms with Crippen molar-refractivity contribution in [2.75, 3.05) is 4.90 Å². The summed E-state index contributed by atoms with van der Waals surface area (Å²) < 4.78 is 7.67. The Morgan fingerprint density at radius 2 is 0.980 bits per heavy atom. The number of benzene rings is 8. The Bertz CT molecular complexity index is 3110. The van der Waals surface area contributed by atoms with E-state index in [2.05, 4.69) is 179 Å². The summed E-state index contributed by atoms with van der Waals surface area (Å²) in [4.78, 5) is 2.51. The second-order valence-electron chi connectivity index (χ2n) is 12.9. The van der Waals surface area contributed by atoms with Gasteiger partial charge in [0.2, 0.25) is 0 Å². The molecule has 0 spiro atoms. The first-order valence-corrected chi connectivity index (χ1v) is 18.6. The van der Waals surface area contributed by atoms with Crippen LogP contribution in [0.2, 0.25) is 0 Å². The van der Waals surface area contributed by atoms with Gasteiger partial charge in [0.1, 0.15) is 0 Å². The summed E-state index contributed by atoms with van der Waals surface area (Å²) in [5.41, 5.74) is 7.04. The Kier molecular flexibility index (Phi) is 6.03. The van der Waals surface area contributed by atoms with Crippen molar-refractivity contribution >= 4 is 113 Å². The summed E-state index contributed by atoms with van der Waals surface area (Å²) in [6, 6.07) is 62.4. The van der Waals surface area contributed by atoms with Crippen LogP contribution < -0.4 is 4.90 Å².